The summed E-state index contributed by atoms with van der Waals surface area (Å²) in [4.78, 5) is 20.3. The molecule has 0 bridgehead atoms. The van der Waals surface area contributed by atoms with E-state index in [1.807, 2.05) is 24.3 Å². The lowest BCUT2D eigenvalue weighted by atomic mass is 10.1. The van der Waals surface area contributed by atoms with Crippen molar-refractivity contribution in [1.29, 1.82) is 0 Å². The molecule has 0 aliphatic heterocycles. The average Bonchev–Trinajstić information content (AvgIpc) is 2.67. The molecule has 2 N–H and O–H groups in total. The predicted octanol–water partition coefficient (Wildman–Crippen LogP) is 4.32. The molecule has 1 aromatic heterocycles. The molecular formula is C19H15ClF2N4O. The van der Waals surface area contributed by atoms with Crippen molar-refractivity contribution in [3.8, 4) is 0 Å². The number of rotatable bonds is 6. The largest absolute Gasteiger partial charge is 0.354 e. The molecule has 27 heavy (non-hydrogen) atoms. The first-order valence-corrected chi connectivity index (χ1v) is 8.46. The molecule has 0 aliphatic rings. The Hall–Kier alpha value is -3.06. The number of halogens is 3. The number of benzene rings is 2. The van der Waals surface area contributed by atoms with Crippen LogP contribution in [0, 0.1) is 11.6 Å². The smallest absolute Gasteiger partial charge is 0.258 e. The number of carbonyl (C=O) groups excluding carboxylic acids is 1. The second-order valence-electron chi connectivity index (χ2n) is 5.68. The minimum Gasteiger partial charge on any atom is -0.354 e. The van der Waals surface area contributed by atoms with Gasteiger partial charge in [0.05, 0.1) is 5.56 Å². The van der Waals surface area contributed by atoms with Crippen molar-refractivity contribution >= 4 is 29.1 Å². The molecule has 8 heteroatoms. The SMILES string of the molecule is O=C(Nc1ccc(F)c(F)c1)c1cnc(NCCc2ccc(Cl)cc2)nc1. The van der Waals surface area contributed by atoms with E-state index in [4.69, 9.17) is 11.6 Å². The van der Waals surface area contributed by atoms with E-state index >= 15 is 0 Å². The van der Waals surface area contributed by atoms with Gasteiger partial charge in [-0.25, -0.2) is 18.7 Å². The molecular weight excluding hydrogens is 374 g/mol. The van der Waals surface area contributed by atoms with E-state index in [-0.39, 0.29) is 11.3 Å². The molecule has 0 fully saturated rings. The normalized spacial score (nSPS) is 10.5. The molecule has 0 saturated heterocycles. The summed E-state index contributed by atoms with van der Waals surface area (Å²) in [5.74, 6) is -2.16. The second kappa shape index (κ2) is 8.55. The monoisotopic (exact) mass is 388 g/mol. The van der Waals surface area contributed by atoms with Gasteiger partial charge in [0.25, 0.3) is 5.91 Å². The lowest BCUT2D eigenvalue weighted by molar-refractivity contribution is 0.102. The number of anilines is 2. The number of carbonyl (C=O) groups is 1. The minimum atomic E-state index is -1.04. The van der Waals surface area contributed by atoms with Gasteiger partial charge < -0.3 is 10.6 Å². The molecule has 1 amide bonds. The van der Waals surface area contributed by atoms with Crippen LogP contribution in [0.5, 0.6) is 0 Å². The standard InChI is InChI=1S/C19H15ClF2N4O/c20-14-3-1-12(2-4-14)7-8-23-19-24-10-13(11-25-19)18(27)26-15-5-6-16(21)17(22)9-15/h1-6,9-11H,7-8H2,(H,26,27)(H,23,24,25). The predicted molar refractivity (Wildman–Crippen MR) is 100.0 cm³/mol. The highest BCUT2D eigenvalue weighted by Gasteiger charge is 2.10. The third-order valence-corrected chi connectivity index (χ3v) is 3.95. The van der Waals surface area contributed by atoms with Crippen molar-refractivity contribution < 1.29 is 13.6 Å². The van der Waals surface area contributed by atoms with Crippen LogP contribution in [0.1, 0.15) is 15.9 Å². The number of aromatic nitrogens is 2. The maximum atomic E-state index is 13.2. The van der Waals surface area contributed by atoms with E-state index in [9.17, 15) is 13.6 Å². The molecule has 2 aromatic carbocycles. The minimum absolute atomic E-state index is 0.143. The van der Waals surface area contributed by atoms with Crippen LogP contribution >= 0.6 is 11.6 Å². The van der Waals surface area contributed by atoms with Gasteiger partial charge in [0.2, 0.25) is 5.95 Å². The molecule has 0 aliphatic carbocycles. The summed E-state index contributed by atoms with van der Waals surface area (Å²) in [6, 6.07) is 10.6. The Balaban J connectivity index is 1.53. The number of hydrogen-bond acceptors (Lipinski definition) is 4. The Labute approximate surface area is 159 Å². The lowest BCUT2D eigenvalue weighted by Gasteiger charge is -2.07. The average molecular weight is 389 g/mol. The van der Waals surface area contributed by atoms with E-state index in [1.54, 1.807) is 0 Å². The molecule has 3 aromatic rings. The summed E-state index contributed by atoms with van der Waals surface area (Å²) in [6.07, 6.45) is 3.47. The zero-order valence-corrected chi connectivity index (χ0v) is 14.8. The van der Waals surface area contributed by atoms with Crippen molar-refractivity contribution in [3.05, 3.63) is 82.6 Å². The fourth-order valence-electron chi connectivity index (χ4n) is 2.28. The van der Waals surface area contributed by atoms with Crippen LogP contribution in [-0.4, -0.2) is 22.4 Å². The quantitative estimate of drug-likeness (QED) is 0.660. The highest BCUT2D eigenvalue weighted by molar-refractivity contribution is 6.30. The summed E-state index contributed by atoms with van der Waals surface area (Å²) in [5, 5.41) is 6.20. The van der Waals surface area contributed by atoms with Gasteiger partial charge in [-0.1, -0.05) is 23.7 Å². The first kappa shape index (κ1) is 18.7. The van der Waals surface area contributed by atoms with Crippen LogP contribution in [0.15, 0.2) is 54.9 Å². The molecule has 138 valence electrons. The number of hydrogen-bond donors (Lipinski definition) is 2. The van der Waals surface area contributed by atoms with Gasteiger partial charge in [0, 0.05) is 35.7 Å². The third-order valence-electron chi connectivity index (χ3n) is 3.70. The Morgan fingerprint density at radius 2 is 1.70 bits per heavy atom. The van der Waals surface area contributed by atoms with E-state index in [1.165, 1.54) is 18.5 Å². The molecule has 3 rings (SSSR count). The molecule has 0 atom stereocenters. The van der Waals surface area contributed by atoms with Crippen LogP contribution in [-0.2, 0) is 6.42 Å². The zero-order chi connectivity index (χ0) is 19.2. The number of nitrogens with zero attached hydrogens (tertiary/aromatic N) is 2. The first-order chi connectivity index (χ1) is 13.0. The summed E-state index contributed by atoms with van der Waals surface area (Å²) in [7, 11) is 0. The van der Waals surface area contributed by atoms with Crippen molar-refractivity contribution in [1.82, 2.24) is 9.97 Å². The van der Waals surface area contributed by atoms with Crippen LogP contribution in [0.3, 0.4) is 0 Å². The Kier molecular flexibility index (Phi) is 5.93. The molecule has 0 unspecified atom stereocenters. The molecule has 1 heterocycles. The lowest BCUT2D eigenvalue weighted by Crippen LogP contribution is -2.14. The van der Waals surface area contributed by atoms with E-state index in [2.05, 4.69) is 20.6 Å². The molecule has 5 nitrogen and oxygen atoms in total. The second-order valence-corrected chi connectivity index (χ2v) is 6.12. The van der Waals surface area contributed by atoms with Crippen LogP contribution in [0.4, 0.5) is 20.4 Å². The number of amides is 1. The topological polar surface area (TPSA) is 66.9 Å². The Bertz CT molecular complexity index is 933. The van der Waals surface area contributed by atoms with E-state index in [0.29, 0.717) is 17.5 Å². The van der Waals surface area contributed by atoms with E-state index < -0.39 is 17.5 Å². The van der Waals surface area contributed by atoms with Gasteiger partial charge in [-0.15, -0.1) is 0 Å². The first-order valence-electron chi connectivity index (χ1n) is 8.08. The van der Waals surface area contributed by atoms with Gasteiger partial charge in [0.15, 0.2) is 11.6 Å². The van der Waals surface area contributed by atoms with Gasteiger partial charge >= 0.3 is 0 Å². The highest BCUT2D eigenvalue weighted by Crippen LogP contribution is 2.14. The summed E-state index contributed by atoms with van der Waals surface area (Å²) in [6.45, 7) is 0.613. The van der Waals surface area contributed by atoms with Crippen LogP contribution in [0.25, 0.3) is 0 Å². The summed E-state index contributed by atoms with van der Waals surface area (Å²) >= 11 is 5.84. The highest BCUT2D eigenvalue weighted by atomic mass is 35.5. The van der Waals surface area contributed by atoms with Gasteiger partial charge in [-0.2, -0.15) is 0 Å². The fraction of sp³-hybridized carbons (Fsp3) is 0.105. The van der Waals surface area contributed by atoms with E-state index in [0.717, 1.165) is 24.1 Å². The van der Waals surface area contributed by atoms with Crippen molar-refractivity contribution in [2.75, 3.05) is 17.2 Å². The van der Waals surface area contributed by atoms with Crippen molar-refractivity contribution in [3.63, 3.8) is 0 Å². The fourth-order valence-corrected chi connectivity index (χ4v) is 2.41. The maximum Gasteiger partial charge on any atom is 0.258 e. The summed E-state index contributed by atoms with van der Waals surface area (Å²) < 4.78 is 26.1. The van der Waals surface area contributed by atoms with Gasteiger partial charge in [-0.05, 0) is 36.2 Å². The van der Waals surface area contributed by atoms with Crippen molar-refractivity contribution in [2.45, 2.75) is 6.42 Å². The van der Waals surface area contributed by atoms with Crippen molar-refractivity contribution in [2.24, 2.45) is 0 Å². The summed E-state index contributed by atoms with van der Waals surface area (Å²) in [5.41, 5.74) is 1.46. The zero-order valence-electron chi connectivity index (χ0n) is 14.0. The van der Waals surface area contributed by atoms with Gasteiger partial charge in [0.1, 0.15) is 0 Å². The Morgan fingerprint density at radius 3 is 2.37 bits per heavy atom. The van der Waals surface area contributed by atoms with Crippen LogP contribution < -0.4 is 10.6 Å². The van der Waals surface area contributed by atoms with Gasteiger partial charge in [-0.3, -0.25) is 4.79 Å². The van der Waals surface area contributed by atoms with Crippen LogP contribution in [0.2, 0.25) is 5.02 Å². The number of nitrogens with one attached hydrogen (secondary N) is 2. The molecule has 0 spiro atoms. The Morgan fingerprint density at radius 1 is 1.00 bits per heavy atom. The maximum absolute atomic E-state index is 13.2. The molecule has 0 radical (unpaired) electrons. The molecule has 0 saturated carbocycles. The third kappa shape index (κ3) is 5.21.